The first-order valence-corrected chi connectivity index (χ1v) is 14.3. The molecule has 3 aromatic carbocycles. The summed E-state index contributed by atoms with van der Waals surface area (Å²) in [7, 11) is -1.89. The van der Waals surface area contributed by atoms with Crippen molar-refractivity contribution in [2.75, 3.05) is 38.6 Å². The summed E-state index contributed by atoms with van der Waals surface area (Å²) in [6.45, 7) is 4.06. The minimum atomic E-state index is -3.53. The zero-order chi connectivity index (χ0) is 26.0. The standard InChI is InChI=1S/C27H28BrN5O3S/c1-19(32-14-16-33(17-15-32)37(34,35)23-12-10-20(28)11-13-23)26-30-25-9-4-3-8-24(25)27(31-26)29-21-6-5-7-22(18-21)36-2/h3-13,18-19H,14-17H2,1-2H3,(H,29,30,31)/t19-/m0/s1. The average Bonchev–Trinajstić information content (AvgIpc) is 2.93. The van der Waals surface area contributed by atoms with Gasteiger partial charge in [-0.15, -0.1) is 0 Å². The lowest BCUT2D eigenvalue weighted by atomic mass is 10.2. The molecule has 0 spiro atoms. The van der Waals surface area contributed by atoms with Gasteiger partial charge in [0.05, 0.1) is 23.6 Å². The van der Waals surface area contributed by atoms with Gasteiger partial charge in [0, 0.05) is 47.8 Å². The molecule has 0 unspecified atom stereocenters. The summed E-state index contributed by atoms with van der Waals surface area (Å²) in [6, 6.07) is 22.3. The van der Waals surface area contributed by atoms with Crippen molar-refractivity contribution in [2.45, 2.75) is 17.9 Å². The van der Waals surface area contributed by atoms with Crippen molar-refractivity contribution in [3.05, 3.63) is 83.1 Å². The summed E-state index contributed by atoms with van der Waals surface area (Å²) in [5, 5.41) is 4.35. The minimum absolute atomic E-state index is 0.0898. The van der Waals surface area contributed by atoms with E-state index in [4.69, 9.17) is 14.7 Å². The van der Waals surface area contributed by atoms with Crippen LogP contribution < -0.4 is 10.1 Å². The lowest BCUT2D eigenvalue weighted by molar-refractivity contribution is 0.141. The molecular formula is C27H28BrN5O3S. The predicted molar refractivity (Wildman–Crippen MR) is 149 cm³/mol. The Kier molecular flexibility index (Phi) is 7.43. The van der Waals surface area contributed by atoms with Crippen LogP contribution in [0.25, 0.3) is 10.9 Å². The van der Waals surface area contributed by atoms with Gasteiger partial charge in [0.15, 0.2) is 0 Å². The van der Waals surface area contributed by atoms with Gasteiger partial charge in [-0.3, -0.25) is 4.90 Å². The van der Waals surface area contributed by atoms with Crippen LogP contribution in [0.5, 0.6) is 5.75 Å². The number of nitrogens with one attached hydrogen (secondary N) is 1. The number of fused-ring (bicyclic) bond motifs is 1. The van der Waals surface area contributed by atoms with Gasteiger partial charge in [-0.2, -0.15) is 4.31 Å². The summed E-state index contributed by atoms with van der Waals surface area (Å²) in [6.07, 6.45) is 0. The van der Waals surface area contributed by atoms with Gasteiger partial charge in [-0.25, -0.2) is 18.4 Å². The number of sulfonamides is 1. The van der Waals surface area contributed by atoms with Gasteiger partial charge in [-0.05, 0) is 55.5 Å². The highest BCUT2D eigenvalue weighted by molar-refractivity contribution is 9.10. The molecule has 1 aliphatic heterocycles. The lowest BCUT2D eigenvalue weighted by Gasteiger charge is -2.36. The smallest absolute Gasteiger partial charge is 0.243 e. The van der Waals surface area contributed by atoms with E-state index in [2.05, 4.69) is 33.1 Å². The fraction of sp³-hybridized carbons (Fsp3) is 0.259. The van der Waals surface area contributed by atoms with E-state index in [1.807, 2.05) is 48.5 Å². The Morgan fingerprint density at radius 3 is 2.41 bits per heavy atom. The number of halogens is 1. The van der Waals surface area contributed by atoms with Gasteiger partial charge >= 0.3 is 0 Å². The molecule has 4 aromatic rings. The number of hydrogen-bond donors (Lipinski definition) is 1. The van der Waals surface area contributed by atoms with Crippen molar-refractivity contribution in [1.82, 2.24) is 19.2 Å². The van der Waals surface area contributed by atoms with E-state index in [-0.39, 0.29) is 6.04 Å². The summed E-state index contributed by atoms with van der Waals surface area (Å²) in [5.41, 5.74) is 1.72. The average molecular weight is 583 g/mol. The number of anilines is 2. The van der Waals surface area contributed by atoms with Crippen LogP contribution in [0, 0.1) is 0 Å². The van der Waals surface area contributed by atoms with Crippen molar-refractivity contribution in [1.29, 1.82) is 0 Å². The SMILES string of the molecule is COc1cccc(Nc2nc([C@H](C)N3CCN(S(=O)(=O)c4ccc(Br)cc4)CC3)nc3ccccc23)c1. The quantitative estimate of drug-likeness (QED) is 0.320. The minimum Gasteiger partial charge on any atom is -0.497 e. The van der Waals surface area contributed by atoms with E-state index < -0.39 is 10.0 Å². The second-order valence-electron chi connectivity index (χ2n) is 8.87. The third kappa shape index (κ3) is 5.47. The van der Waals surface area contributed by atoms with Crippen molar-refractivity contribution >= 4 is 48.4 Å². The first-order chi connectivity index (χ1) is 17.8. The summed E-state index contributed by atoms with van der Waals surface area (Å²) < 4.78 is 34.0. The van der Waals surface area contributed by atoms with Gasteiger partial charge in [-0.1, -0.05) is 34.1 Å². The number of aromatic nitrogens is 2. The molecule has 5 rings (SSSR count). The Labute approximate surface area is 225 Å². The second-order valence-corrected chi connectivity index (χ2v) is 11.7. The molecule has 2 heterocycles. The van der Waals surface area contributed by atoms with Crippen molar-refractivity contribution in [3.63, 3.8) is 0 Å². The first kappa shape index (κ1) is 25.6. The molecule has 1 atom stereocenters. The van der Waals surface area contributed by atoms with Crippen LogP contribution in [0.3, 0.4) is 0 Å². The number of rotatable bonds is 7. The van der Waals surface area contributed by atoms with E-state index in [0.717, 1.165) is 32.6 Å². The van der Waals surface area contributed by atoms with Crippen LogP contribution in [0.15, 0.2) is 82.2 Å². The maximum absolute atomic E-state index is 13.1. The second kappa shape index (κ2) is 10.7. The van der Waals surface area contributed by atoms with Crippen LogP contribution in [-0.2, 0) is 10.0 Å². The number of ether oxygens (including phenoxy) is 1. The van der Waals surface area contributed by atoms with Crippen molar-refractivity contribution < 1.29 is 13.2 Å². The van der Waals surface area contributed by atoms with Crippen LogP contribution >= 0.6 is 15.9 Å². The molecule has 8 nitrogen and oxygen atoms in total. The zero-order valence-electron chi connectivity index (χ0n) is 20.6. The Bertz CT molecular complexity index is 1510. The Hall–Kier alpha value is -3.05. The normalized spacial score (nSPS) is 16.0. The Morgan fingerprint density at radius 2 is 1.68 bits per heavy atom. The number of hydrogen-bond acceptors (Lipinski definition) is 7. The summed E-state index contributed by atoms with van der Waals surface area (Å²) >= 11 is 3.36. The van der Waals surface area contributed by atoms with Crippen LogP contribution in [0.2, 0.25) is 0 Å². The molecule has 37 heavy (non-hydrogen) atoms. The molecule has 192 valence electrons. The van der Waals surface area contributed by atoms with Gasteiger partial charge in [0.2, 0.25) is 10.0 Å². The molecular weight excluding hydrogens is 554 g/mol. The Morgan fingerprint density at radius 1 is 0.946 bits per heavy atom. The largest absolute Gasteiger partial charge is 0.497 e. The zero-order valence-corrected chi connectivity index (χ0v) is 23.0. The van der Waals surface area contributed by atoms with Crippen molar-refractivity contribution in [3.8, 4) is 5.75 Å². The lowest BCUT2D eigenvalue weighted by Crippen LogP contribution is -2.49. The highest BCUT2D eigenvalue weighted by Gasteiger charge is 2.31. The molecule has 0 aliphatic carbocycles. The maximum Gasteiger partial charge on any atom is 0.243 e. The van der Waals surface area contributed by atoms with Gasteiger partial charge < -0.3 is 10.1 Å². The summed E-state index contributed by atoms with van der Waals surface area (Å²) in [5.74, 6) is 2.17. The van der Waals surface area contributed by atoms with E-state index in [1.54, 1.807) is 35.7 Å². The first-order valence-electron chi connectivity index (χ1n) is 12.0. The van der Waals surface area contributed by atoms with Gasteiger partial charge in [0.1, 0.15) is 17.4 Å². The fourth-order valence-electron chi connectivity index (χ4n) is 4.46. The number of methoxy groups -OCH3 is 1. The highest BCUT2D eigenvalue weighted by atomic mass is 79.9. The molecule has 1 aromatic heterocycles. The number of piperazine rings is 1. The molecule has 1 saturated heterocycles. The van der Waals surface area contributed by atoms with E-state index in [0.29, 0.717) is 36.9 Å². The third-order valence-electron chi connectivity index (χ3n) is 6.60. The predicted octanol–water partition coefficient (Wildman–Crippen LogP) is 5.21. The Balaban J connectivity index is 1.36. The summed E-state index contributed by atoms with van der Waals surface area (Å²) in [4.78, 5) is 12.3. The highest BCUT2D eigenvalue weighted by Crippen LogP contribution is 2.29. The molecule has 1 fully saturated rings. The number of para-hydroxylation sites is 1. The molecule has 0 saturated carbocycles. The number of benzene rings is 3. The third-order valence-corrected chi connectivity index (χ3v) is 9.04. The van der Waals surface area contributed by atoms with E-state index in [1.165, 1.54) is 0 Å². The van der Waals surface area contributed by atoms with Gasteiger partial charge in [0.25, 0.3) is 0 Å². The molecule has 10 heteroatoms. The maximum atomic E-state index is 13.1. The number of nitrogens with zero attached hydrogens (tertiary/aromatic N) is 4. The van der Waals surface area contributed by atoms with Crippen LogP contribution in [0.1, 0.15) is 18.8 Å². The molecule has 0 bridgehead atoms. The molecule has 0 radical (unpaired) electrons. The molecule has 1 N–H and O–H groups in total. The molecule has 0 amide bonds. The van der Waals surface area contributed by atoms with Crippen LogP contribution in [-0.4, -0.2) is 60.9 Å². The monoisotopic (exact) mass is 581 g/mol. The molecule has 1 aliphatic rings. The fourth-order valence-corrected chi connectivity index (χ4v) is 6.15. The van der Waals surface area contributed by atoms with E-state index in [9.17, 15) is 8.42 Å². The van der Waals surface area contributed by atoms with Crippen LogP contribution in [0.4, 0.5) is 11.5 Å². The van der Waals surface area contributed by atoms with E-state index >= 15 is 0 Å². The van der Waals surface area contributed by atoms with Crippen molar-refractivity contribution in [2.24, 2.45) is 0 Å². The topological polar surface area (TPSA) is 87.7 Å².